The van der Waals surface area contributed by atoms with Gasteiger partial charge < -0.3 is 16.3 Å². The molecule has 0 aromatic heterocycles. The molecular weight excluding hydrogens is 269 g/mol. The van der Waals surface area contributed by atoms with E-state index in [0.717, 1.165) is 16.8 Å². The van der Waals surface area contributed by atoms with Gasteiger partial charge in [-0.05, 0) is 54.8 Å². The molecule has 0 atom stereocenters. The van der Waals surface area contributed by atoms with Crippen molar-refractivity contribution in [3.63, 3.8) is 0 Å². The fraction of sp³-hybridized carbons (Fsp3) is 0.188. The second kappa shape index (κ2) is 6.26. The first-order valence-electron chi connectivity index (χ1n) is 6.58. The van der Waals surface area contributed by atoms with Gasteiger partial charge in [0.25, 0.3) is 0 Å². The number of rotatable bonds is 4. The first-order valence-corrected chi connectivity index (χ1v) is 6.58. The number of nitrogens with two attached hydrogens (primary N) is 1. The van der Waals surface area contributed by atoms with Gasteiger partial charge in [0.1, 0.15) is 5.82 Å². The van der Waals surface area contributed by atoms with Crippen molar-refractivity contribution in [3.05, 3.63) is 64.5 Å². The minimum atomic E-state index is -0.420. The Morgan fingerprint density at radius 2 is 2.05 bits per heavy atom. The average molecular weight is 287 g/mol. The molecule has 110 valence electrons. The van der Waals surface area contributed by atoms with E-state index < -0.39 is 5.82 Å². The summed E-state index contributed by atoms with van der Waals surface area (Å²) in [6, 6.07) is 10.3. The maximum atomic E-state index is 13.6. The van der Waals surface area contributed by atoms with Gasteiger partial charge in [-0.25, -0.2) is 4.39 Å². The van der Waals surface area contributed by atoms with Gasteiger partial charge >= 0.3 is 0 Å². The number of aryl methyl sites for hydroxylation is 1. The molecule has 0 aliphatic heterocycles. The zero-order valence-electron chi connectivity index (χ0n) is 12.0. The third kappa shape index (κ3) is 3.51. The molecule has 0 bridgehead atoms. The summed E-state index contributed by atoms with van der Waals surface area (Å²) >= 11 is 0. The van der Waals surface area contributed by atoms with E-state index in [2.05, 4.69) is 10.5 Å². The van der Waals surface area contributed by atoms with E-state index in [1.807, 2.05) is 32.0 Å². The van der Waals surface area contributed by atoms with Crippen LogP contribution in [0.4, 0.5) is 10.1 Å². The number of benzene rings is 2. The molecule has 0 amide bonds. The second-order valence-electron chi connectivity index (χ2n) is 4.93. The topological polar surface area (TPSA) is 70.6 Å². The van der Waals surface area contributed by atoms with Crippen LogP contribution in [0.25, 0.3) is 0 Å². The largest absolute Gasteiger partial charge is 0.409 e. The van der Waals surface area contributed by atoms with E-state index in [1.165, 1.54) is 17.7 Å². The SMILES string of the molecule is Cc1cccc(NCc2cc(F)cc(/C(N)=N/O)c2)c1C. The Labute approximate surface area is 123 Å². The summed E-state index contributed by atoms with van der Waals surface area (Å²) in [5, 5.41) is 14.8. The molecule has 4 N–H and O–H groups in total. The molecule has 0 aliphatic carbocycles. The van der Waals surface area contributed by atoms with E-state index in [0.29, 0.717) is 12.1 Å². The molecule has 5 heteroatoms. The molecule has 4 nitrogen and oxygen atoms in total. The van der Waals surface area contributed by atoms with E-state index in [4.69, 9.17) is 10.9 Å². The highest BCUT2D eigenvalue weighted by atomic mass is 19.1. The van der Waals surface area contributed by atoms with Gasteiger partial charge in [-0.3, -0.25) is 0 Å². The zero-order chi connectivity index (χ0) is 15.4. The lowest BCUT2D eigenvalue weighted by Crippen LogP contribution is -2.14. The van der Waals surface area contributed by atoms with E-state index >= 15 is 0 Å². The van der Waals surface area contributed by atoms with Gasteiger partial charge in [0, 0.05) is 17.8 Å². The normalized spacial score (nSPS) is 11.5. The Morgan fingerprint density at radius 1 is 1.29 bits per heavy atom. The Kier molecular flexibility index (Phi) is 4.42. The summed E-state index contributed by atoms with van der Waals surface area (Å²) < 4.78 is 13.6. The summed E-state index contributed by atoms with van der Waals surface area (Å²) in [5.74, 6) is -0.528. The van der Waals surface area contributed by atoms with Crippen molar-refractivity contribution >= 4 is 11.5 Å². The third-order valence-corrected chi connectivity index (χ3v) is 3.45. The molecular formula is C16H18FN3O. The maximum absolute atomic E-state index is 13.6. The van der Waals surface area contributed by atoms with Crippen LogP contribution in [0, 0.1) is 19.7 Å². The molecule has 0 saturated heterocycles. The lowest BCUT2D eigenvalue weighted by atomic mass is 10.1. The van der Waals surface area contributed by atoms with Gasteiger partial charge in [0.05, 0.1) is 0 Å². The fourth-order valence-corrected chi connectivity index (χ4v) is 2.10. The number of hydrogen-bond acceptors (Lipinski definition) is 3. The standard InChI is InChI=1S/C16H18FN3O/c1-10-4-3-5-15(11(10)2)19-9-12-6-13(16(18)20-21)8-14(17)7-12/h3-8,19,21H,9H2,1-2H3,(H2,18,20). The van der Waals surface area contributed by atoms with Crippen LogP contribution < -0.4 is 11.1 Å². The van der Waals surface area contributed by atoms with Crippen LogP contribution in [-0.4, -0.2) is 11.0 Å². The number of amidine groups is 1. The lowest BCUT2D eigenvalue weighted by molar-refractivity contribution is 0.318. The minimum absolute atomic E-state index is 0.109. The summed E-state index contributed by atoms with van der Waals surface area (Å²) in [6.45, 7) is 4.53. The molecule has 0 spiro atoms. The summed E-state index contributed by atoms with van der Waals surface area (Å²) in [7, 11) is 0. The summed E-state index contributed by atoms with van der Waals surface area (Å²) in [4.78, 5) is 0. The summed E-state index contributed by atoms with van der Waals surface area (Å²) in [6.07, 6.45) is 0. The highest BCUT2D eigenvalue weighted by Crippen LogP contribution is 2.19. The van der Waals surface area contributed by atoms with Crippen LogP contribution in [0.3, 0.4) is 0 Å². The van der Waals surface area contributed by atoms with Crippen molar-refractivity contribution in [3.8, 4) is 0 Å². The van der Waals surface area contributed by atoms with Crippen LogP contribution in [0.2, 0.25) is 0 Å². The highest BCUT2D eigenvalue weighted by molar-refractivity contribution is 5.97. The van der Waals surface area contributed by atoms with Crippen LogP contribution in [0.15, 0.2) is 41.6 Å². The molecule has 0 fully saturated rings. The van der Waals surface area contributed by atoms with Crippen molar-refractivity contribution in [1.82, 2.24) is 0 Å². The van der Waals surface area contributed by atoms with Crippen molar-refractivity contribution in [1.29, 1.82) is 0 Å². The Hall–Kier alpha value is -2.56. The zero-order valence-corrected chi connectivity index (χ0v) is 12.0. The third-order valence-electron chi connectivity index (χ3n) is 3.45. The Balaban J connectivity index is 2.20. The van der Waals surface area contributed by atoms with Crippen LogP contribution in [-0.2, 0) is 6.54 Å². The van der Waals surface area contributed by atoms with Crippen molar-refractivity contribution < 1.29 is 9.60 Å². The number of oxime groups is 1. The molecule has 0 aliphatic rings. The van der Waals surface area contributed by atoms with E-state index in [9.17, 15) is 4.39 Å². The molecule has 2 rings (SSSR count). The van der Waals surface area contributed by atoms with Crippen LogP contribution in [0.5, 0.6) is 0 Å². The molecule has 0 unspecified atom stereocenters. The monoisotopic (exact) mass is 287 g/mol. The lowest BCUT2D eigenvalue weighted by Gasteiger charge is -2.12. The number of nitrogens with zero attached hydrogens (tertiary/aromatic N) is 1. The second-order valence-corrected chi connectivity index (χ2v) is 4.93. The number of hydrogen-bond donors (Lipinski definition) is 3. The molecule has 21 heavy (non-hydrogen) atoms. The molecule has 2 aromatic rings. The van der Waals surface area contributed by atoms with E-state index in [1.54, 1.807) is 6.07 Å². The van der Waals surface area contributed by atoms with Gasteiger partial charge in [0.2, 0.25) is 0 Å². The Bertz CT molecular complexity index is 683. The molecule has 2 aromatic carbocycles. The molecule has 0 radical (unpaired) electrons. The quantitative estimate of drug-likeness (QED) is 0.350. The Morgan fingerprint density at radius 3 is 2.76 bits per heavy atom. The van der Waals surface area contributed by atoms with Gasteiger partial charge in [0.15, 0.2) is 5.84 Å². The number of nitrogens with one attached hydrogen (secondary N) is 1. The molecule has 0 saturated carbocycles. The average Bonchev–Trinajstić information content (AvgIpc) is 2.47. The van der Waals surface area contributed by atoms with Crippen molar-refractivity contribution in [2.24, 2.45) is 10.9 Å². The smallest absolute Gasteiger partial charge is 0.170 e. The minimum Gasteiger partial charge on any atom is -0.409 e. The predicted octanol–water partition coefficient (Wildman–Crippen LogP) is 3.15. The van der Waals surface area contributed by atoms with Gasteiger partial charge in [-0.1, -0.05) is 17.3 Å². The van der Waals surface area contributed by atoms with Gasteiger partial charge in [-0.2, -0.15) is 0 Å². The summed E-state index contributed by atoms with van der Waals surface area (Å²) in [5.41, 5.74) is 9.93. The first kappa shape index (κ1) is 14.8. The number of anilines is 1. The molecule has 0 heterocycles. The van der Waals surface area contributed by atoms with Crippen LogP contribution >= 0.6 is 0 Å². The fourth-order valence-electron chi connectivity index (χ4n) is 2.10. The highest BCUT2D eigenvalue weighted by Gasteiger charge is 2.06. The maximum Gasteiger partial charge on any atom is 0.170 e. The number of halogens is 1. The predicted molar refractivity (Wildman–Crippen MR) is 82.2 cm³/mol. The van der Waals surface area contributed by atoms with Crippen molar-refractivity contribution in [2.75, 3.05) is 5.32 Å². The van der Waals surface area contributed by atoms with Crippen molar-refractivity contribution in [2.45, 2.75) is 20.4 Å². The van der Waals surface area contributed by atoms with E-state index in [-0.39, 0.29) is 5.84 Å². The van der Waals surface area contributed by atoms with Crippen LogP contribution in [0.1, 0.15) is 22.3 Å². The van der Waals surface area contributed by atoms with Gasteiger partial charge in [-0.15, -0.1) is 0 Å². The first-order chi connectivity index (χ1) is 10.0.